The van der Waals surface area contributed by atoms with Gasteiger partial charge >= 0.3 is 0 Å². The number of fused-ring (bicyclic) bond motifs is 2. The summed E-state index contributed by atoms with van der Waals surface area (Å²) in [6.45, 7) is 7.34. The zero-order valence-electron chi connectivity index (χ0n) is 26.6. The molecule has 1 fully saturated rings. The summed E-state index contributed by atoms with van der Waals surface area (Å²) in [4.78, 5) is 30.1. The standard InChI is InChI=1S/C35H43N9O/c1-23(2)30-22-38-44-33(30)40-35(43-15-12-28(36)13-16-43)41-34(44)37-21-25-7-5-8-26(18-25)32-20-27-17-24(10-11-31(27)39-32)19-29(45)9-6-14-42(3)4/h5-11,17-18,20,22-23,28,39H,12-16,19,21,36H2,1-4H3,(H,37,40,41)/b9-6+. The lowest BCUT2D eigenvalue weighted by atomic mass is 10.1. The third kappa shape index (κ3) is 7.08. The first-order valence-corrected chi connectivity index (χ1v) is 15.8. The number of likely N-dealkylation sites (N-methyl/N-ethyl adjacent to an activating group) is 1. The maximum atomic E-state index is 12.4. The molecule has 2 aromatic carbocycles. The SMILES string of the molecule is CC(C)c1cnn2c(NCc3cccc(-c4cc5cc(CC(=O)/C=C/CN(C)C)ccc5[nH]4)c3)nc(N3CCC(N)CC3)nc12. The largest absolute Gasteiger partial charge is 0.355 e. The Bertz CT molecular complexity index is 1830. The number of hydrogen-bond acceptors (Lipinski definition) is 8. The normalized spacial score (nSPS) is 14.5. The van der Waals surface area contributed by atoms with E-state index in [4.69, 9.17) is 15.7 Å². The van der Waals surface area contributed by atoms with Gasteiger partial charge in [-0.3, -0.25) is 4.79 Å². The van der Waals surface area contributed by atoms with E-state index in [1.807, 2.05) is 41.8 Å². The Hall–Kier alpha value is -4.54. The Labute approximate surface area is 264 Å². The van der Waals surface area contributed by atoms with Crippen LogP contribution in [0.3, 0.4) is 0 Å². The molecule has 0 amide bonds. The van der Waals surface area contributed by atoms with Gasteiger partial charge in [-0.2, -0.15) is 19.6 Å². The van der Waals surface area contributed by atoms with E-state index in [1.165, 1.54) is 0 Å². The Morgan fingerprint density at radius 3 is 2.71 bits per heavy atom. The van der Waals surface area contributed by atoms with E-state index >= 15 is 0 Å². The van der Waals surface area contributed by atoms with E-state index in [0.29, 0.717) is 24.8 Å². The monoisotopic (exact) mass is 605 g/mol. The lowest BCUT2D eigenvalue weighted by molar-refractivity contribution is -0.114. The highest BCUT2D eigenvalue weighted by Gasteiger charge is 2.22. The molecule has 45 heavy (non-hydrogen) atoms. The molecule has 4 heterocycles. The van der Waals surface area contributed by atoms with Crippen LogP contribution in [0.25, 0.3) is 27.8 Å². The van der Waals surface area contributed by atoms with Crippen LogP contribution in [-0.2, 0) is 17.8 Å². The Balaban J connectivity index is 1.20. The molecule has 10 nitrogen and oxygen atoms in total. The van der Waals surface area contributed by atoms with Crippen molar-refractivity contribution in [2.75, 3.05) is 43.9 Å². The molecule has 0 unspecified atom stereocenters. The number of nitrogens with two attached hydrogens (primary N) is 1. The maximum Gasteiger partial charge on any atom is 0.230 e. The summed E-state index contributed by atoms with van der Waals surface area (Å²) in [5.74, 6) is 1.79. The summed E-state index contributed by atoms with van der Waals surface area (Å²) in [7, 11) is 3.97. The van der Waals surface area contributed by atoms with Gasteiger partial charge in [0.2, 0.25) is 11.9 Å². The summed E-state index contributed by atoms with van der Waals surface area (Å²) in [5, 5.41) is 9.28. The molecule has 1 aliphatic rings. The molecule has 1 aliphatic heterocycles. The van der Waals surface area contributed by atoms with Crippen molar-refractivity contribution < 1.29 is 4.79 Å². The second kappa shape index (κ2) is 13.2. The lowest BCUT2D eigenvalue weighted by Gasteiger charge is -2.30. The van der Waals surface area contributed by atoms with Gasteiger partial charge in [0.05, 0.1) is 6.20 Å². The van der Waals surface area contributed by atoms with E-state index in [2.05, 4.69) is 76.6 Å². The van der Waals surface area contributed by atoms with Gasteiger partial charge in [-0.25, -0.2) is 0 Å². The van der Waals surface area contributed by atoms with E-state index in [0.717, 1.165) is 82.9 Å². The molecular weight excluding hydrogens is 562 g/mol. The van der Waals surface area contributed by atoms with Gasteiger partial charge in [0.15, 0.2) is 11.4 Å². The van der Waals surface area contributed by atoms with E-state index < -0.39 is 0 Å². The number of allylic oxidation sites excluding steroid dienone is 1. The van der Waals surface area contributed by atoms with Crippen LogP contribution in [0.4, 0.5) is 11.9 Å². The molecule has 3 aromatic heterocycles. The Morgan fingerprint density at radius 1 is 1.11 bits per heavy atom. The average Bonchev–Trinajstić information content (AvgIpc) is 3.65. The number of nitrogens with one attached hydrogen (secondary N) is 2. The fourth-order valence-corrected chi connectivity index (χ4v) is 5.78. The minimum Gasteiger partial charge on any atom is -0.355 e. The fraction of sp³-hybridized carbons (Fsp3) is 0.371. The van der Waals surface area contributed by atoms with Crippen LogP contribution in [-0.4, -0.2) is 75.0 Å². The first-order chi connectivity index (χ1) is 21.7. The van der Waals surface area contributed by atoms with Crippen LogP contribution in [0.2, 0.25) is 0 Å². The second-order valence-corrected chi connectivity index (χ2v) is 12.6. The maximum absolute atomic E-state index is 12.4. The van der Waals surface area contributed by atoms with Gasteiger partial charge in [0.1, 0.15) is 0 Å². The van der Waals surface area contributed by atoms with Crippen molar-refractivity contribution in [3.8, 4) is 11.3 Å². The van der Waals surface area contributed by atoms with Gasteiger partial charge in [-0.1, -0.05) is 44.2 Å². The number of piperidine rings is 1. The topological polar surface area (TPSA) is 120 Å². The summed E-state index contributed by atoms with van der Waals surface area (Å²) < 4.78 is 1.82. The third-order valence-corrected chi connectivity index (χ3v) is 8.35. The number of nitrogens with zero attached hydrogens (tertiary/aromatic N) is 6. The summed E-state index contributed by atoms with van der Waals surface area (Å²) >= 11 is 0. The highest BCUT2D eigenvalue weighted by atomic mass is 16.1. The van der Waals surface area contributed by atoms with Crippen LogP contribution in [0.15, 0.2) is 66.9 Å². The molecule has 0 saturated carbocycles. The van der Waals surface area contributed by atoms with E-state index in [1.54, 1.807) is 6.08 Å². The summed E-state index contributed by atoms with van der Waals surface area (Å²) in [6, 6.07) is 17.0. The molecule has 0 aliphatic carbocycles. The lowest BCUT2D eigenvalue weighted by Crippen LogP contribution is -2.40. The number of aromatic nitrogens is 5. The number of carbonyl (C=O) groups excluding carboxylic acids is 1. The van der Waals surface area contributed by atoms with Crippen molar-refractivity contribution in [1.82, 2.24) is 29.5 Å². The smallest absolute Gasteiger partial charge is 0.230 e. The summed E-state index contributed by atoms with van der Waals surface area (Å²) in [6.07, 6.45) is 7.74. The molecule has 1 saturated heterocycles. The molecule has 4 N–H and O–H groups in total. The van der Waals surface area contributed by atoms with Crippen LogP contribution in [0.1, 0.15) is 49.3 Å². The molecular formula is C35H43N9O. The van der Waals surface area contributed by atoms with Crippen LogP contribution in [0.5, 0.6) is 0 Å². The number of H-pyrrole nitrogens is 1. The molecule has 6 rings (SSSR count). The van der Waals surface area contributed by atoms with E-state index in [-0.39, 0.29) is 11.8 Å². The van der Waals surface area contributed by atoms with Crippen LogP contribution >= 0.6 is 0 Å². The molecule has 0 radical (unpaired) electrons. The molecule has 234 valence electrons. The van der Waals surface area contributed by atoms with Crippen LogP contribution in [0, 0.1) is 0 Å². The van der Waals surface area contributed by atoms with Gasteiger partial charge in [0.25, 0.3) is 0 Å². The van der Waals surface area contributed by atoms with Crippen molar-refractivity contribution in [2.45, 2.75) is 51.6 Å². The van der Waals surface area contributed by atoms with Crippen molar-refractivity contribution in [2.24, 2.45) is 5.73 Å². The number of hydrogen-bond donors (Lipinski definition) is 3. The van der Waals surface area contributed by atoms with Gasteiger partial charge < -0.3 is 25.8 Å². The van der Waals surface area contributed by atoms with Crippen molar-refractivity contribution >= 4 is 34.2 Å². The summed E-state index contributed by atoms with van der Waals surface area (Å²) in [5.41, 5.74) is 13.4. The highest BCUT2D eigenvalue weighted by Crippen LogP contribution is 2.28. The quantitative estimate of drug-likeness (QED) is 0.177. The minimum absolute atomic E-state index is 0.107. The number of carbonyl (C=O) groups is 1. The first kappa shape index (κ1) is 30.5. The Morgan fingerprint density at radius 2 is 1.93 bits per heavy atom. The molecule has 10 heteroatoms. The third-order valence-electron chi connectivity index (χ3n) is 8.35. The molecule has 0 spiro atoms. The number of benzene rings is 2. The van der Waals surface area contributed by atoms with Crippen molar-refractivity contribution in [1.29, 1.82) is 0 Å². The Kier molecular flexibility index (Phi) is 8.95. The zero-order chi connectivity index (χ0) is 31.5. The number of aromatic amines is 1. The predicted molar refractivity (Wildman–Crippen MR) is 182 cm³/mol. The van der Waals surface area contributed by atoms with Crippen molar-refractivity contribution in [3.63, 3.8) is 0 Å². The molecule has 0 atom stereocenters. The van der Waals surface area contributed by atoms with Gasteiger partial charge in [-0.15, -0.1) is 0 Å². The molecule has 0 bridgehead atoms. The number of ketones is 1. The predicted octanol–water partition coefficient (Wildman–Crippen LogP) is 5.17. The number of rotatable bonds is 11. The number of anilines is 2. The van der Waals surface area contributed by atoms with Crippen LogP contribution < -0.4 is 16.0 Å². The highest BCUT2D eigenvalue weighted by molar-refractivity contribution is 5.93. The first-order valence-electron chi connectivity index (χ1n) is 15.8. The minimum atomic E-state index is 0.107. The fourth-order valence-electron chi connectivity index (χ4n) is 5.78. The average molecular weight is 606 g/mol. The second-order valence-electron chi connectivity index (χ2n) is 12.6. The van der Waals surface area contributed by atoms with Crippen molar-refractivity contribution in [3.05, 3.63) is 83.6 Å². The molecule has 5 aromatic rings. The van der Waals surface area contributed by atoms with Gasteiger partial charge in [0, 0.05) is 60.8 Å². The van der Waals surface area contributed by atoms with Gasteiger partial charge in [-0.05, 0) is 79.9 Å². The van der Waals surface area contributed by atoms with E-state index in [9.17, 15) is 4.79 Å². The zero-order valence-corrected chi connectivity index (χ0v) is 26.6.